The fraction of sp³-hybridized carbons (Fsp3) is 0.750. The van der Waals surface area contributed by atoms with E-state index in [1.165, 1.54) is 4.90 Å². The van der Waals surface area contributed by atoms with Crippen LogP contribution in [0.4, 0.5) is 10.5 Å². The highest BCUT2D eigenvalue weighted by atomic mass is 31.2. The maximum atomic E-state index is 11.8. The molecule has 2 atom stereocenters. The maximum Gasteiger partial charge on any atom is 0.414 e. The summed E-state index contributed by atoms with van der Waals surface area (Å²) < 4.78 is 27.8. The Bertz CT molecular complexity index is 773. The molecule has 0 N–H and O–H groups in total. The average Bonchev–Trinajstić information content (AvgIpc) is 2.84. The molecule has 0 aliphatic heterocycles. The number of unbranched alkanes of at least 4 members (excludes halogenated alkanes) is 2. The normalized spacial score (nSPS) is 14.6. The van der Waals surface area contributed by atoms with E-state index < -0.39 is 7.82 Å². The van der Waals surface area contributed by atoms with Crippen molar-refractivity contribution in [3.63, 3.8) is 0 Å². The predicted molar refractivity (Wildman–Crippen MR) is 152 cm³/mol. The van der Waals surface area contributed by atoms with Crippen LogP contribution < -0.4 is 14.1 Å². The number of rotatable bonds is 16. The molecular formula is C28H53N2O6P. The second-order valence-corrected chi connectivity index (χ2v) is 12.1. The largest absolute Gasteiger partial charge is 0.756 e. The minimum absolute atomic E-state index is 0.253. The van der Waals surface area contributed by atoms with E-state index in [0.29, 0.717) is 22.1 Å². The van der Waals surface area contributed by atoms with Gasteiger partial charge in [0, 0.05) is 20.2 Å². The van der Waals surface area contributed by atoms with Gasteiger partial charge in [-0.25, -0.2) is 4.79 Å². The number of phosphoric ester groups is 1. The van der Waals surface area contributed by atoms with Crippen molar-refractivity contribution in [2.45, 2.75) is 79.1 Å². The second kappa shape index (κ2) is 18.8. The van der Waals surface area contributed by atoms with E-state index in [9.17, 15) is 14.3 Å². The van der Waals surface area contributed by atoms with Crippen LogP contribution >= 0.6 is 7.82 Å². The van der Waals surface area contributed by atoms with Gasteiger partial charge in [0.1, 0.15) is 11.4 Å². The first-order chi connectivity index (χ1) is 17.3. The van der Waals surface area contributed by atoms with Crippen LogP contribution in [0.1, 0.15) is 79.1 Å². The summed E-state index contributed by atoms with van der Waals surface area (Å²) in [7, 11) is 5.36. The predicted octanol–water partition coefficient (Wildman–Crippen LogP) is 6.86. The number of hydrogen-bond donors (Lipinski definition) is 0. The van der Waals surface area contributed by atoms with Crippen LogP contribution in [0.25, 0.3) is 0 Å². The number of quaternary nitrogens is 1. The number of ether oxygens (including phenoxy) is 1. The number of phosphoric acid groups is 1. The SMILES string of the molecule is CCCCC(CC)COP(=O)([O-])OCC(CC)CCCC.CN(C)C(=O)Oc1cccc([N+](C)(C)C)c1. The van der Waals surface area contributed by atoms with Crippen LogP contribution in [0.15, 0.2) is 24.3 Å². The van der Waals surface area contributed by atoms with Crippen LogP contribution in [0.2, 0.25) is 0 Å². The zero-order chi connectivity index (χ0) is 28.5. The van der Waals surface area contributed by atoms with Crippen molar-refractivity contribution < 1.29 is 28.0 Å². The van der Waals surface area contributed by atoms with Crippen molar-refractivity contribution in [3.05, 3.63) is 24.3 Å². The molecule has 0 saturated carbocycles. The maximum absolute atomic E-state index is 11.8. The highest BCUT2D eigenvalue weighted by Crippen LogP contribution is 2.40. The summed E-state index contributed by atoms with van der Waals surface area (Å²) in [5.74, 6) is 1.18. The third kappa shape index (κ3) is 16.9. The minimum atomic E-state index is -4.14. The Labute approximate surface area is 226 Å². The first-order valence-corrected chi connectivity index (χ1v) is 15.2. The summed E-state index contributed by atoms with van der Waals surface area (Å²) in [5.41, 5.74) is 1.09. The second-order valence-electron chi connectivity index (χ2n) is 10.6. The molecule has 0 aliphatic carbocycles. The standard InChI is InChI=1S/C16H35O4P.C12H19N2O2/c1-5-9-11-15(7-3)13-19-21(17,18)20-14-16(8-4)12-10-6-2;1-13(2)12(15)16-11-8-6-7-10(9-11)14(3,4)5/h15-16H,5-14H2,1-4H3,(H,17,18);6-9H,1-5H3/q;+1/p-1. The molecule has 0 aromatic heterocycles. The van der Waals surface area contributed by atoms with Gasteiger partial charge in [0.05, 0.1) is 34.4 Å². The molecule has 0 spiro atoms. The number of nitrogens with zero attached hydrogens (tertiary/aromatic N) is 2. The first-order valence-electron chi connectivity index (χ1n) is 13.7. The molecule has 1 aromatic carbocycles. The molecule has 0 radical (unpaired) electrons. The van der Waals surface area contributed by atoms with Crippen LogP contribution in [-0.4, -0.2) is 59.4 Å². The molecule has 1 amide bonds. The van der Waals surface area contributed by atoms with Crippen molar-refractivity contribution >= 4 is 19.6 Å². The lowest BCUT2D eigenvalue weighted by Gasteiger charge is -2.27. The van der Waals surface area contributed by atoms with Crippen LogP contribution in [0.5, 0.6) is 5.75 Å². The molecule has 2 unspecified atom stereocenters. The number of carbonyl (C=O) groups is 1. The molecule has 9 heteroatoms. The molecule has 0 saturated heterocycles. The minimum Gasteiger partial charge on any atom is -0.756 e. The summed E-state index contributed by atoms with van der Waals surface area (Å²) in [6.45, 7) is 8.91. The molecule has 0 aliphatic rings. The molecule has 0 fully saturated rings. The van der Waals surface area contributed by atoms with E-state index in [-0.39, 0.29) is 19.3 Å². The number of hydrogen-bond acceptors (Lipinski definition) is 6. The van der Waals surface area contributed by atoms with Gasteiger partial charge in [-0.05, 0) is 36.8 Å². The van der Waals surface area contributed by atoms with Gasteiger partial charge in [0.15, 0.2) is 0 Å². The quantitative estimate of drug-likeness (QED) is 0.167. The van der Waals surface area contributed by atoms with E-state index in [1.54, 1.807) is 20.2 Å². The highest BCUT2D eigenvalue weighted by molar-refractivity contribution is 7.45. The lowest BCUT2D eigenvalue weighted by atomic mass is 10.0. The van der Waals surface area contributed by atoms with Gasteiger partial charge < -0.3 is 23.6 Å². The van der Waals surface area contributed by atoms with Gasteiger partial charge in [-0.2, -0.15) is 0 Å². The van der Waals surface area contributed by atoms with E-state index in [0.717, 1.165) is 57.1 Å². The summed E-state index contributed by atoms with van der Waals surface area (Å²) in [4.78, 5) is 24.6. The van der Waals surface area contributed by atoms with Gasteiger partial charge in [-0.3, -0.25) is 9.05 Å². The Morgan fingerprint density at radius 2 is 1.43 bits per heavy atom. The lowest BCUT2D eigenvalue weighted by Crippen LogP contribution is -2.34. The molecule has 1 rings (SSSR count). The Morgan fingerprint density at radius 3 is 1.81 bits per heavy atom. The Balaban J connectivity index is 0.000000724. The van der Waals surface area contributed by atoms with Crippen LogP contribution in [0.3, 0.4) is 0 Å². The Morgan fingerprint density at radius 1 is 0.946 bits per heavy atom. The molecule has 37 heavy (non-hydrogen) atoms. The van der Waals surface area contributed by atoms with E-state index in [4.69, 9.17) is 13.8 Å². The molecule has 0 bridgehead atoms. The first kappa shape index (κ1) is 35.6. The molecule has 8 nitrogen and oxygen atoms in total. The number of amides is 1. The molecule has 0 heterocycles. The summed E-state index contributed by atoms with van der Waals surface area (Å²) in [6, 6.07) is 7.55. The van der Waals surface area contributed by atoms with Crippen LogP contribution in [-0.2, 0) is 13.6 Å². The van der Waals surface area contributed by atoms with Gasteiger partial charge in [0.25, 0.3) is 7.82 Å². The van der Waals surface area contributed by atoms with E-state index in [1.807, 2.05) is 18.2 Å². The number of benzene rings is 1. The summed E-state index contributed by atoms with van der Waals surface area (Å²) >= 11 is 0. The summed E-state index contributed by atoms with van der Waals surface area (Å²) in [5, 5.41) is 0. The van der Waals surface area contributed by atoms with Gasteiger partial charge in [-0.15, -0.1) is 0 Å². The van der Waals surface area contributed by atoms with Crippen LogP contribution in [0, 0.1) is 11.8 Å². The van der Waals surface area contributed by atoms with Crippen molar-refractivity contribution in [1.82, 2.24) is 9.38 Å². The van der Waals surface area contributed by atoms with Crippen molar-refractivity contribution in [3.8, 4) is 5.75 Å². The Hall–Kier alpha value is -1.44. The summed E-state index contributed by atoms with van der Waals surface area (Å²) in [6.07, 6.45) is 8.01. The number of carbonyl (C=O) groups excluding carboxylic acids is 1. The van der Waals surface area contributed by atoms with Crippen molar-refractivity contribution in [1.29, 1.82) is 0 Å². The lowest BCUT2D eigenvalue weighted by molar-refractivity contribution is -0.227. The van der Waals surface area contributed by atoms with E-state index in [2.05, 4.69) is 48.8 Å². The fourth-order valence-electron chi connectivity index (χ4n) is 3.38. The monoisotopic (exact) mass is 544 g/mol. The molecule has 216 valence electrons. The Kier molecular flexibility index (Phi) is 18.0. The van der Waals surface area contributed by atoms with Crippen molar-refractivity contribution in [2.75, 3.05) is 48.5 Å². The smallest absolute Gasteiger partial charge is 0.414 e. The van der Waals surface area contributed by atoms with Gasteiger partial charge in [-0.1, -0.05) is 72.3 Å². The molecular weight excluding hydrogens is 491 g/mol. The topological polar surface area (TPSA) is 88.1 Å². The van der Waals surface area contributed by atoms with Gasteiger partial charge >= 0.3 is 6.09 Å². The third-order valence-corrected chi connectivity index (χ3v) is 7.12. The van der Waals surface area contributed by atoms with Crippen molar-refractivity contribution in [2.24, 2.45) is 11.8 Å². The zero-order valence-corrected chi connectivity index (χ0v) is 25.7. The third-order valence-electron chi connectivity index (χ3n) is 6.19. The van der Waals surface area contributed by atoms with Gasteiger partial charge in [0.2, 0.25) is 0 Å². The fourth-order valence-corrected chi connectivity index (χ4v) is 4.24. The average molecular weight is 545 g/mol. The molecule has 1 aromatic rings. The van der Waals surface area contributed by atoms with E-state index >= 15 is 0 Å². The zero-order valence-electron chi connectivity index (χ0n) is 24.8. The highest BCUT2D eigenvalue weighted by Gasteiger charge is 2.17.